The molecule has 2 N–H and O–H groups in total. The number of hydrogen-bond donors (Lipinski definition) is 2. The lowest BCUT2D eigenvalue weighted by molar-refractivity contribution is -0.385. The van der Waals surface area contributed by atoms with Gasteiger partial charge >= 0.3 is 5.69 Å². The maximum absolute atomic E-state index is 11.2. The number of anilines is 2. The van der Waals surface area contributed by atoms with Crippen LogP contribution < -0.4 is 10.6 Å². The minimum atomic E-state index is -0.480. The standard InChI is InChI=1S/C12H17N7O2/c1-4-13-12-15-8(2)10(19(20)21)11(16-12)14-7-9-5-6-18(3)17-9/h5-6H,4,7H2,1-3H3,(H2,13,14,15,16). The van der Waals surface area contributed by atoms with Gasteiger partial charge in [-0.15, -0.1) is 0 Å². The number of nitrogens with one attached hydrogen (secondary N) is 2. The Kier molecular flexibility index (Phi) is 4.31. The average Bonchev–Trinajstić information content (AvgIpc) is 2.81. The topological polar surface area (TPSA) is 111 Å². The molecule has 2 aromatic rings. The molecule has 0 saturated heterocycles. The molecule has 21 heavy (non-hydrogen) atoms. The normalized spacial score (nSPS) is 10.4. The van der Waals surface area contributed by atoms with E-state index in [1.165, 1.54) is 0 Å². The summed E-state index contributed by atoms with van der Waals surface area (Å²) < 4.78 is 1.67. The van der Waals surface area contributed by atoms with Crippen LogP contribution in [0.1, 0.15) is 18.3 Å². The second-order valence-electron chi connectivity index (χ2n) is 4.45. The van der Waals surface area contributed by atoms with E-state index in [0.717, 1.165) is 5.69 Å². The highest BCUT2D eigenvalue weighted by Crippen LogP contribution is 2.26. The Morgan fingerprint density at radius 2 is 2.14 bits per heavy atom. The Morgan fingerprint density at radius 3 is 2.71 bits per heavy atom. The van der Waals surface area contributed by atoms with E-state index in [1.807, 2.05) is 20.0 Å². The van der Waals surface area contributed by atoms with E-state index in [9.17, 15) is 10.1 Å². The Labute approximate surface area is 121 Å². The van der Waals surface area contributed by atoms with Crippen LogP contribution in [0.2, 0.25) is 0 Å². The van der Waals surface area contributed by atoms with Gasteiger partial charge in [0.05, 0.1) is 17.2 Å². The Morgan fingerprint density at radius 1 is 1.38 bits per heavy atom. The Hall–Kier alpha value is -2.71. The number of aryl methyl sites for hydroxylation is 2. The summed E-state index contributed by atoms with van der Waals surface area (Å²) in [6, 6.07) is 1.83. The van der Waals surface area contributed by atoms with Crippen LogP contribution in [0.5, 0.6) is 0 Å². The molecular formula is C12H17N7O2. The fraction of sp³-hybridized carbons (Fsp3) is 0.417. The zero-order chi connectivity index (χ0) is 15.4. The summed E-state index contributed by atoms with van der Waals surface area (Å²) in [6.07, 6.45) is 1.81. The molecule has 9 heteroatoms. The van der Waals surface area contributed by atoms with Gasteiger partial charge < -0.3 is 10.6 Å². The van der Waals surface area contributed by atoms with Crippen LogP contribution in [0, 0.1) is 17.0 Å². The molecule has 0 aliphatic rings. The van der Waals surface area contributed by atoms with Crippen molar-refractivity contribution < 1.29 is 4.92 Å². The van der Waals surface area contributed by atoms with Crippen molar-refractivity contribution in [1.82, 2.24) is 19.7 Å². The monoisotopic (exact) mass is 291 g/mol. The third-order valence-electron chi connectivity index (χ3n) is 2.78. The molecule has 112 valence electrons. The third-order valence-corrected chi connectivity index (χ3v) is 2.78. The van der Waals surface area contributed by atoms with Crippen LogP contribution >= 0.6 is 0 Å². The summed E-state index contributed by atoms with van der Waals surface area (Å²) in [5.74, 6) is 0.554. The smallest absolute Gasteiger partial charge is 0.332 e. The number of nitro groups is 1. The molecule has 2 heterocycles. The van der Waals surface area contributed by atoms with Crippen molar-refractivity contribution in [2.75, 3.05) is 17.2 Å². The molecule has 0 spiro atoms. The van der Waals surface area contributed by atoms with Crippen molar-refractivity contribution in [2.24, 2.45) is 7.05 Å². The zero-order valence-corrected chi connectivity index (χ0v) is 12.1. The van der Waals surface area contributed by atoms with Crippen LogP contribution in [0.4, 0.5) is 17.5 Å². The summed E-state index contributed by atoms with van der Waals surface area (Å²) in [7, 11) is 1.81. The predicted octanol–water partition coefficient (Wildman–Crippen LogP) is 1.47. The number of aromatic nitrogens is 4. The van der Waals surface area contributed by atoms with Crippen LogP contribution in [0.3, 0.4) is 0 Å². The van der Waals surface area contributed by atoms with Gasteiger partial charge in [-0.05, 0) is 19.9 Å². The molecule has 0 saturated carbocycles. The first kappa shape index (κ1) is 14.7. The molecule has 0 amide bonds. The summed E-state index contributed by atoms with van der Waals surface area (Å²) in [4.78, 5) is 18.9. The summed E-state index contributed by atoms with van der Waals surface area (Å²) in [5.41, 5.74) is 0.968. The molecule has 0 fully saturated rings. The van der Waals surface area contributed by atoms with E-state index in [4.69, 9.17) is 0 Å². The van der Waals surface area contributed by atoms with Gasteiger partial charge in [-0.3, -0.25) is 14.8 Å². The third kappa shape index (κ3) is 3.44. The van der Waals surface area contributed by atoms with E-state index in [-0.39, 0.29) is 11.5 Å². The van der Waals surface area contributed by atoms with Gasteiger partial charge in [0.2, 0.25) is 11.8 Å². The molecule has 0 aliphatic carbocycles. The van der Waals surface area contributed by atoms with Gasteiger partial charge in [-0.25, -0.2) is 4.98 Å². The molecular weight excluding hydrogens is 274 g/mol. The molecule has 0 aromatic carbocycles. The highest BCUT2D eigenvalue weighted by Gasteiger charge is 2.21. The van der Waals surface area contributed by atoms with Gasteiger partial charge in [-0.1, -0.05) is 0 Å². The molecule has 0 atom stereocenters. The van der Waals surface area contributed by atoms with Crippen molar-refractivity contribution in [1.29, 1.82) is 0 Å². The molecule has 0 aliphatic heterocycles. The lowest BCUT2D eigenvalue weighted by Gasteiger charge is -2.09. The zero-order valence-electron chi connectivity index (χ0n) is 12.1. The van der Waals surface area contributed by atoms with Gasteiger partial charge in [-0.2, -0.15) is 10.1 Å². The van der Waals surface area contributed by atoms with Gasteiger partial charge in [0.1, 0.15) is 5.69 Å². The average molecular weight is 291 g/mol. The first-order valence-electron chi connectivity index (χ1n) is 6.50. The van der Waals surface area contributed by atoms with E-state index in [0.29, 0.717) is 24.7 Å². The van der Waals surface area contributed by atoms with Gasteiger partial charge in [0.25, 0.3) is 0 Å². The van der Waals surface area contributed by atoms with Crippen LogP contribution in [-0.4, -0.2) is 31.2 Å². The van der Waals surface area contributed by atoms with Crippen LogP contribution in [0.15, 0.2) is 12.3 Å². The minimum Gasteiger partial charge on any atom is -0.358 e. The van der Waals surface area contributed by atoms with Crippen molar-refractivity contribution in [3.05, 3.63) is 33.8 Å². The minimum absolute atomic E-state index is 0.118. The summed E-state index contributed by atoms with van der Waals surface area (Å²) >= 11 is 0. The molecule has 0 unspecified atom stereocenters. The second kappa shape index (κ2) is 6.16. The fourth-order valence-corrected chi connectivity index (χ4v) is 1.88. The lowest BCUT2D eigenvalue weighted by Crippen LogP contribution is -2.11. The highest BCUT2D eigenvalue weighted by molar-refractivity contribution is 5.60. The second-order valence-corrected chi connectivity index (χ2v) is 4.45. The first-order valence-corrected chi connectivity index (χ1v) is 6.50. The molecule has 0 radical (unpaired) electrons. The van der Waals surface area contributed by atoms with Crippen molar-refractivity contribution in [2.45, 2.75) is 20.4 Å². The van der Waals surface area contributed by atoms with Crippen molar-refractivity contribution >= 4 is 17.5 Å². The molecule has 2 aromatic heterocycles. The predicted molar refractivity (Wildman–Crippen MR) is 78.1 cm³/mol. The summed E-state index contributed by atoms with van der Waals surface area (Å²) in [5, 5.41) is 21.3. The van der Waals surface area contributed by atoms with Gasteiger partial charge in [0, 0.05) is 19.8 Å². The number of rotatable bonds is 6. The van der Waals surface area contributed by atoms with E-state index < -0.39 is 4.92 Å². The van der Waals surface area contributed by atoms with Crippen LogP contribution in [-0.2, 0) is 13.6 Å². The maximum Gasteiger partial charge on any atom is 0.332 e. The van der Waals surface area contributed by atoms with Crippen LogP contribution in [0.25, 0.3) is 0 Å². The molecule has 9 nitrogen and oxygen atoms in total. The van der Waals surface area contributed by atoms with Crippen molar-refractivity contribution in [3.8, 4) is 0 Å². The van der Waals surface area contributed by atoms with E-state index in [1.54, 1.807) is 17.8 Å². The quantitative estimate of drug-likeness (QED) is 0.612. The summed E-state index contributed by atoms with van der Waals surface area (Å²) in [6.45, 7) is 4.48. The Balaban J connectivity index is 2.28. The lowest BCUT2D eigenvalue weighted by atomic mass is 10.3. The van der Waals surface area contributed by atoms with E-state index >= 15 is 0 Å². The largest absolute Gasteiger partial charge is 0.358 e. The molecule has 0 bridgehead atoms. The van der Waals surface area contributed by atoms with Crippen molar-refractivity contribution in [3.63, 3.8) is 0 Å². The number of hydrogen-bond acceptors (Lipinski definition) is 7. The number of nitrogens with zero attached hydrogens (tertiary/aromatic N) is 5. The SMILES string of the molecule is CCNc1nc(C)c([N+](=O)[O-])c(NCc2ccn(C)n2)n1. The fourth-order valence-electron chi connectivity index (χ4n) is 1.88. The molecule has 2 rings (SSSR count). The van der Waals surface area contributed by atoms with Gasteiger partial charge in [0.15, 0.2) is 0 Å². The highest BCUT2D eigenvalue weighted by atomic mass is 16.6. The first-order chi connectivity index (χ1) is 10.0. The Bertz CT molecular complexity index is 653. The maximum atomic E-state index is 11.2. The van der Waals surface area contributed by atoms with E-state index in [2.05, 4.69) is 25.7 Å².